The van der Waals surface area contributed by atoms with Gasteiger partial charge in [0.1, 0.15) is 0 Å². The van der Waals surface area contributed by atoms with Crippen molar-refractivity contribution in [2.45, 2.75) is 52.0 Å². The number of nitrogens with one attached hydrogen (secondary N) is 1. The van der Waals surface area contributed by atoms with Crippen molar-refractivity contribution in [2.24, 2.45) is 4.99 Å². The van der Waals surface area contributed by atoms with Crippen LogP contribution in [0.2, 0.25) is 0 Å². The maximum atomic E-state index is 13.2. The van der Waals surface area contributed by atoms with Gasteiger partial charge < -0.3 is 10.4 Å². The molecule has 1 atom stereocenters. The molecule has 3 aromatic carbocycles. The molecule has 6 nitrogen and oxygen atoms in total. The second-order valence-electron chi connectivity index (χ2n) is 9.57. The van der Waals surface area contributed by atoms with Crippen LogP contribution in [-0.2, 0) is 16.0 Å². The predicted octanol–water partition coefficient (Wildman–Crippen LogP) is 6.67. The van der Waals surface area contributed by atoms with Crippen LogP contribution in [-0.4, -0.2) is 53.3 Å². The molecule has 0 fully saturated rings. The number of nitrogens with zero attached hydrogens (tertiary/aromatic N) is 2. The summed E-state index contributed by atoms with van der Waals surface area (Å²) in [5.74, 6) is -1.08. The lowest BCUT2D eigenvalue weighted by atomic mass is 9.99. The zero-order chi connectivity index (χ0) is 28.0. The molecule has 0 bridgehead atoms. The minimum absolute atomic E-state index is 0.0873. The molecule has 0 saturated heterocycles. The molecule has 39 heavy (non-hydrogen) atoms. The Bertz CT molecular complexity index is 1240. The van der Waals surface area contributed by atoms with Crippen LogP contribution in [0.4, 0.5) is 5.69 Å². The third-order valence-electron chi connectivity index (χ3n) is 6.47. The van der Waals surface area contributed by atoms with E-state index in [0.29, 0.717) is 23.5 Å². The summed E-state index contributed by atoms with van der Waals surface area (Å²) in [6.07, 6.45) is 4.53. The number of carboxylic acid groups (broad SMARTS) is 1. The number of aliphatic imine (C=N–C) groups is 1. The number of aliphatic carboxylic acids is 1. The molecule has 0 aromatic heterocycles. The molecule has 1 amide bonds. The summed E-state index contributed by atoms with van der Waals surface area (Å²) >= 11 is 2.23. The first-order valence-electron chi connectivity index (χ1n) is 13.6. The Labute approximate surface area is 245 Å². The van der Waals surface area contributed by atoms with Crippen LogP contribution in [0.3, 0.4) is 0 Å². The van der Waals surface area contributed by atoms with Crippen LogP contribution in [0.15, 0.2) is 83.9 Å². The first-order valence-corrected chi connectivity index (χ1v) is 14.7. The number of benzene rings is 3. The molecule has 3 aromatic rings. The van der Waals surface area contributed by atoms with E-state index < -0.39 is 12.0 Å². The number of amides is 1. The summed E-state index contributed by atoms with van der Waals surface area (Å²) in [4.78, 5) is 32.6. The molecular formula is C32H38IN3O3. The summed E-state index contributed by atoms with van der Waals surface area (Å²) in [6, 6.07) is 23.8. The molecule has 2 N–H and O–H groups in total. The number of rotatable bonds is 15. The Morgan fingerprint density at radius 2 is 1.51 bits per heavy atom. The normalized spacial score (nSPS) is 12.4. The van der Waals surface area contributed by atoms with E-state index in [1.54, 1.807) is 0 Å². The molecule has 0 aliphatic heterocycles. The fourth-order valence-electron chi connectivity index (χ4n) is 4.34. The van der Waals surface area contributed by atoms with Gasteiger partial charge in [-0.05, 0) is 66.2 Å². The molecule has 0 heterocycles. The lowest BCUT2D eigenvalue weighted by molar-refractivity contribution is -0.138. The minimum atomic E-state index is -0.993. The van der Waals surface area contributed by atoms with Crippen molar-refractivity contribution in [3.05, 3.63) is 99.1 Å². The summed E-state index contributed by atoms with van der Waals surface area (Å²) in [7, 11) is 0. The molecule has 0 aliphatic rings. The summed E-state index contributed by atoms with van der Waals surface area (Å²) in [5, 5.41) is 13.2. The standard InChI is InChI=1S/C32H38IN3O3/c1-3-5-20-36(21-6-4-2)23-30(37)34-28-19-13-11-17-26(28)31(24-14-8-7-9-15-24)35-29(32(38)39)22-25-16-10-12-18-27(25)33/h7-19,29H,3-6,20-23H2,1-2H3,(H,34,37)(H,38,39). The maximum Gasteiger partial charge on any atom is 0.328 e. The van der Waals surface area contributed by atoms with E-state index in [1.165, 1.54) is 0 Å². The van der Waals surface area contributed by atoms with Gasteiger partial charge in [-0.25, -0.2) is 4.79 Å². The van der Waals surface area contributed by atoms with Gasteiger partial charge >= 0.3 is 5.97 Å². The SMILES string of the molecule is CCCCN(CCCC)CC(=O)Nc1ccccc1C(=NC(Cc1ccccc1I)C(=O)O)c1ccccc1. The maximum absolute atomic E-state index is 13.2. The first kappa shape index (κ1) is 30.5. The van der Waals surface area contributed by atoms with E-state index in [4.69, 9.17) is 4.99 Å². The van der Waals surface area contributed by atoms with Crippen molar-refractivity contribution in [1.29, 1.82) is 0 Å². The van der Waals surface area contributed by atoms with Crippen molar-refractivity contribution < 1.29 is 14.7 Å². The lowest BCUT2D eigenvalue weighted by Gasteiger charge is -2.22. The van der Waals surface area contributed by atoms with Gasteiger partial charge in [0, 0.05) is 21.1 Å². The highest BCUT2D eigenvalue weighted by Gasteiger charge is 2.22. The second kappa shape index (κ2) is 16.2. The number of carbonyl (C=O) groups excluding carboxylic acids is 1. The second-order valence-corrected chi connectivity index (χ2v) is 10.7. The van der Waals surface area contributed by atoms with Crippen LogP contribution < -0.4 is 5.32 Å². The molecule has 206 valence electrons. The Balaban J connectivity index is 1.96. The number of unbranched alkanes of at least 4 members (excludes halogenated alkanes) is 2. The van der Waals surface area contributed by atoms with Gasteiger partial charge in [-0.2, -0.15) is 0 Å². The van der Waals surface area contributed by atoms with Crippen molar-refractivity contribution in [1.82, 2.24) is 4.90 Å². The number of halogens is 1. The predicted molar refractivity (Wildman–Crippen MR) is 168 cm³/mol. The van der Waals surface area contributed by atoms with Gasteiger partial charge in [-0.1, -0.05) is 93.4 Å². The molecule has 0 spiro atoms. The zero-order valence-corrected chi connectivity index (χ0v) is 24.9. The number of carboxylic acids is 1. The van der Waals surface area contributed by atoms with Crippen molar-refractivity contribution >= 4 is 45.9 Å². The first-order chi connectivity index (χ1) is 18.9. The number of hydrogen-bond donors (Lipinski definition) is 2. The van der Waals surface area contributed by atoms with E-state index in [1.807, 2.05) is 78.9 Å². The van der Waals surface area contributed by atoms with Gasteiger partial charge in [0.05, 0.1) is 17.9 Å². The lowest BCUT2D eigenvalue weighted by Crippen LogP contribution is -2.35. The van der Waals surface area contributed by atoms with Crippen LogP contribution >= 0.6 is 22.6 Å². The van der Waals surface area contributed by atoms with Crippen molar-refractivity contribution in [3.63, 3.8) is 0 Å². The zero-order valence-electron chi connectivity index (χ0n) is 22.8. The fraction of sp³-hybridized carbons (Fsp3) is 0.344. The number of hydrogen-bond acceptors (Lipinski definition) is 4. The van der Waals surface area contributed by atoms with Crippen LogP contribution in [0.1, 0.15) is 56.2 Å². The van der Waals surface area contributed by atoms with E-state index in [-0.39, 0.29) is 12.3 Å². The highest BCUT2D eigenvalue weighted by molar-refractivity contribution is 14.1. The van der Waals surface area contributed by atoms with Gasteiger partial charge in [-0.15, -0.1) is 0 Å². The Morgan fingerprint density at radius 1 is 0.897 bits per heavy atom. The van der Waals surface area contributed by atoms with E-state index in [0.717, 1.165) is 53.5 Å². The van der Waals surface area contributed by atoms with Gasteiger partial charge in [0.15, 0.2) is 6.04 Å². The molecular weight excluding hydrogens is 601 g/mol. The third kappa shape index (κ3) is 9.58. The Hall–Kier alpha value is -3.04. The van der Waals surface area contributed by atoms with Crippen LogP contribution in [0, 0.1) is 3.57 Å². The monoisotopic (exact) mass is 639 g/mol. The molecule has 1 unspecified atom stereocenters. The van der Waals surface area contributed by atoms with Crippen LogP contribution in [0.5, 0.6) is 0 Å². The van der Waals surface area contributed by atoms with Crippen molar-refractivity contribution in [3.8, 4) is 0 Å². The van der Waals surface area contributed by atoms with Crippen molar-refractivity contribution in [2.75, 3.05) is 25.0 Å². The molecule has 0 saturated carbocycles. The summed E-state index contributed by atoms with van der Waals surface area (Å²) in [5.41, 5.74) is 3.58. The average molecular weight is 640 g/mol. The van der Waals surface area contributed by atoms with E-state index >= 15 is 0 Å². The fourth-order valence-corrected chi connectivity index (χ4v) is 4.94. The minimum Gasteiger partial charge on any atom is -0.480 e. The van der Waals surface area contributed by atoms with Gasteiger partial charge in [0.25, 0.3) is 0 Å². The Morgan fingerprint density at radius 3 is 2.15 bits per heavy atom. The highest BCUT2D eigenvalue weighted by atomic mass is 127. The number of carbonyl (C=O) groups is 2. The number of para-hydroxylation sites is 1. The molecule has 0 aliphatic carbocycles. The summed E-state index contributed by atoms with van der Waals surface area (Å²) < 4.78 is 1.00. The molecule has 0 radical (unpaired) electrons. The van der Waals surface area contributed by atoms with Gasteiger partial charge in [0.2, 0.25) is 5.91 Å². The van der Waals surface area contributed by atoms with E-state index in [2.05, 4.69) is 46.7 Å². The van der Waals surface area contributed by atoms with Crippen LogP contribution in [0.25, 0.3) is 0 Å². The Kier molecular flexibility index (Phi) is 12.6. The van der Waals surface area contributed by atoms with E-state index in [9.17, 15) is 14.7 Å². The quantitative estimate of drug-likeness (QED) is 0.144. The number of anilines is 1. The largest absolute Gasteiger partial charge is 0.480 e. The molecule has 7 heteroatoms. The smallest absolute Gasteiger partial charge is 0.328 e. The van der Waals surface area contributed by atoms with Gasteiger partial charge in [-0.3, -0.25) is 14.7 Å². The topological polar surface area (TPSA) is 82.0 Å². The highest BCUT2D eigenvalue weighted by Crippen LogP contribution is 2.23. The third-order valence-corrected chi connectivity index (χ3v) is 7.52. The average Bonchev–Trinajstić information content (AvgIpc) is 2.94. The molecule has 3 rings (SSSR count). The summed E-state index contributed by atoms with van der Waals surface area (Å²) in [6.45, 7) is 6.40.